The summed E-state index contributed by atoms with van der Waals surface area (Å²) in [6, 6.07) is -0.316. The molecule has 0 aromatic carbocycles. The first-order valence-electron chi connectivity index (χ1n) is 7.30. The fourth-order valence-electron chi connectivity index (χ4n) is 2.53. The van der Waals surface area contributed by atoms with Gasteiger partial charge in [0.25, 0.3) is 0 Å². The third kappa shape index (κ3) is 4.61. The molecule has 1 fully saturated rings. The smallest absolute Gasteiger partial charge is 0.317 e. The minimum atomic E-state index is -0.924. The SMILES string of the molecule is CC(C)C(CNC(=O)N1CC(C(N)=O)CCC1C)C(=O)O. The summed E-state index contributed by atoms with van der Waals surface area (Å²) >= 11 is 0. The Labute approximate surface area is 124 Å². The van der Waals surface area contributed by atoms with Crippen molar-refractivity contribution >= 4 is 17.9 Å². The van der Waals surface area contributed by atoms with Gasteiger partial charge in [0.1, 0.15) is 0 Å². The van der Waals surface area contributed by atoms with Gasteiger partial charge in [0.15, 0.2) is 0 Å². The van der Waals surface area contributed by atoms with Crippen LogP contribution < -0.4 is 11.1 Å². The van der Waals surface area contributed by atoms with Crippen LogP contribution in [0.4, 0.5) is 4.79 Å². The minimum absolute atomic E-state index is 0.0166. The first-order chi connectivity index (χ1) is 9.73. The molecule has 0 spiro atoms. The van der Waals surface area contributed by atoms with E-state index in [-0.39, 0.29) is 30.5 Å². The lowest BCUT2D eigenvalue weighted by Gasteiger charge is -2.37. The number of primary amides is 1. The number of likely N-dealkylation sites (tertiary alicyclic amines) is 1. The van der Waals surface area contributed by atoms with Crippen molar-refractivity contribution in [2.45, 2.75) is 39.7 Å². The number of aliphatic carboxylic acids is 1. The minimum Gasteiger partial charge on any atom is -0.481 e. The van der Waals surface area contributed by atoms with Gasteiger partial charge in [-0.05, 0) is 25.7 Å². The van der Waals surface area contributed by atoms with E-state index in [4.69, 9.17) is 10.8 Å². The summed E-state index contributed by atoms with van der Waals surface area (Å²) in [5.41, 5.74) is 5.30. The van der Waals surface area contributed by atoms with Crippen LogP contribution in [0.5, 0.6) is 0 Å². The van der Waals surface area contributed by atoms with Gasteiger partial charge in [-0.2, -0.15) is 0 Å². The van der Waals surface area contributed by atoms with Crippen molar-refractivity contribution in [1.82, 2.24) is 10.2 Å². The molecule has 7 heteroatoms. The molecule has 3 amide bonds. The fourth-order valence-corrected chi connectivity index (χ4v) is 2.53. The average Bonchev–Trinajstić information content (AvgIpc) is 2.37. The highest BCUT2D eigenvalue weighted by Gasteiger charge is 2.32. The Hall–Kier alpha value is -1.79. The molecule has 120 valence electrons. The number of nitrogens with two attached hydrogens (primary N) is 1. The summed E-state index contributed by atoms with van der Waals surface area (Å²) in [5, 5.41) is 11.8. The number of carbonyl (C=O) groups excluding carboxylic acids is 2. The molecule has 1 rings (SSSR count). The lowest BCUT2D eigenvalue weighted by molar-refractivity contribution is -0.143. The van der Waals surface area contributed by atoms with E-state index >= 15 is 0 Å². The quantitative estimate of drug-likeness (QED) is 0.691. The zero-order valence-electron chi connectivity index (χ0n) is 12.8. The van der Waals surface area contributed by atoms with Crippen LogP contribution in [0, 0.1) is 17.8 Å². The molecular formula is C14H25N3O4. The molecule has 0 aromatic rings. The van der Waals surface area contributed by atoms with E-state index in [9.17, 15) is 14.4 Å². The number of carboxylic acids is 1. The van der Waals surface area contributed by atoms with E-state index in [2.05, 4.69) is 5.32 Å². The molecule has 0 aromatic heterocycles. The number of carbonyl (C=O) groups is 3. The van der Waals surface area contributed by atoms with Crippen molar-refractivity contribution in [2.24, 2.45) is 23.5 Å². The van der Waals surface area contributed by atoms with Gasteiger partial charge in [-0.1, -0.05) is 13.8 Å². The number of carboxylic acid groups (broad SMARTS) is 1. The molecule has 0 radical (unpaired) electrons. The van der Waals surface area contributed by atoms with Crippen LogP contribution in [0.2, 0.25) is 0 Å². The largest absolute Gasteiger partial charge is 0.481 e. The number of rotatable bonds is 5. The number of nitrogens with one attached hydrogen (secondary N) is 1. The van der Waals surface area contributed by atoms with Crippen LogP contribution >= 0.6 is 0 Å². The summed E-state index contributed by atoms with van der Waals surface area (Å²) in [6.45, 7) is 5.89. The van der Waals surface area contributed by atoms with Crippen LogP contribution in [0.3, 0.4) is 0 Å². The Morgan fingerprint density at radius 2 is 1.95 bits per heavy atom. The van der Waals surface area contributed by atoms with Crippen LogP contribution in [0.1, 0.15) is 33.6 Å². The third-order valence-electron chi connectivity index (χ3n) is 4.14. The Bertz CT molecular complexity index is 411. The van der Waals surface area contributed by atoms with E-state index < -0.39 is 17.8 Å². The lowest BCUT2D eigenvalue weighted by Crippen LogP contribution is -2.53. The van der Waals surface area contributed by atoms with E-state index in [1.807, 2.05) is 6.92 Å². The van der Waals surface area contributed by atoms with Gasteiger partial charge in [0.05, 0.1) is 11.8 Å². The van der Waals surface area contributed by atoms with Crippen LogP contribution in [-0.4, -0.2) is 47.0 Å². The van der Waals surface area contributed by atoms with Gasteiger partial charge in [-0.15, -0.1) is 0 Å². The molecule has 4 N–H and O–H groups in total. The van der Waals surface area contributed by atoms with Gasteiger partial charge in [0.2, 0.25) is 5.91 Å². The fraction of sp³-hybridized carbons (Fsp3) is 0.786. The Balaban J connectivity index is 2.60. The maximum absolute atomic E-state index is 12.2. The number of hydrogen-bond donors (Lipinski definition) is 3. The van der Waals surface area contributed by atoms with Gasteiger partial charge in [-0.25, -0.2) is 4.79 Å². The Morgan fingerprint density at radius 1 is 1.33 bits per heavy atom. The van der Waals surface area contributed by atoms with Crippen molar-refractivity contribution in [1.29, 1.82) is 0 Å². The normalized spacial score (nSPS) is 23.7. The molecule has 1 saturated heterocycles. The molecule has 0 aliphatic carbocycles. The van der Waals surface area contributed by atoms with Crippen LogP contribution in [0.15, 0.2) is 0 Å². The highest BCUT2D eigenvalue weighted by atomic mass is 16.4. The van der Waals surface area contributed by atoms with Crippen molar-refractivity contribution in [3.63, 3.8) is 0 Å². The Kier molecular flexibility index (Phi) is 5.99. The van der Waals surface area contributed by atoms with Crippen molar-refractivity contribution in [3.8, 4) is 0 Å². The van der Waals surface area contributed by atoms with Crippen LogP contribution in [-0.2, 0) is 9.59 Å². The second-order valence-electron chi connectivity index (χ2n) is 6.05. The summed E-state index contributed by atoms with van der Waals surface area (Å²) in [7, 11) is 0. The number of urea groups is 1. The van der Waals surface area contributed by atoms with Crippen LogP contribution in [0.25, 0.3) is 0 Å². The van der Waals surface area contributed by atoms with E-state index in [1.165, 1.54) is 0 Å². The zero-order chi connectivity index (χ0) is 16.2. The zero-order valence-corrected chi connectivity index (χ0v) is 12.8. The predicted octanol–water partition coefficient (Wildman–Crippen LogP) is 0.639. The molecule has 3 unspecified atom stereocenters. The maximum atomic E-state index is 12.2. The molecular weight excluding hydrogens is 274 g/mol. The van der Waals surface area contributed by atoms with Crippen molar-refractivity contribution < 1.29 is 19.5 Å². The average molecular weight is 299 g/mol. The maximum Gasteiger partial charge on any atom is 0.317 e. The van der Waals surface area contributed by atoms with E-state index in [1.54, 1.807) is 18.7 Å². The molecule has 21 heavy (non-hydrogen) atoms. The van der Waals surface area contributed by atoms with Crippen molar-refractivity contribution in [3.05, 3.63) is 0 Å². The summed E-state index contributed by atoms with van der Waals surface area (Å²) in [6.07, 6.45) is 1.40. The number of hydrogen-bond acceptors (Lipinski definition) is 3. The second kappa shape index (κ2) is 7.28. The van der Waals surface area contributed by atoms with Gasteiger partial charge >= 0.3 is 12.0 Å². The first kappa shape index (κ1) is 17.3. The topological polar surface area (TPSA) is 113 Å². The van der Waals surface area contributed by atoms with Gasteiger partial charge in [-0.3, -0.25) is 9.59 Å². The molecule has 1 aliphatic rings. The van der Waals surface area contributed by atoms with E-state index in [0.29, 0.717) is 19.4 Å². The first-order valence-corrected chi connectivity index (χ1v) is 7.30. The summed E-state index contributed by atoms with van der Waals surface area (Å²) in [5.74, 6) is -2.34. The van der Waals surface area contributed by atoms with Gasteiger partial charge < -0.3 is 21.1 Å². The molecule has 0 bridgehead atoms. The number of piperidine rings is 1. The van der Waals surface area contributed by atoms with Crippen molar-refractivity contribution in [2.75, 3.05) is 13.1 Å². The molecule has 1 heterocycles. The summed E-state index contributed by atoms with van der Waals surface area (Å²) in [4.78, 5) is 36.1. The number of amides is 3. The van der Waals surface area contributed by atoms with Gasteiger partial charge in [0, 0.05) is 19.1 Å². The lowest BCUT2D eigenvalue weighted by atomic mass is 9.93. The number of nitrogens with zero attached hydrogens (tertiary/aromatic N) is 1. The monoisotopic (exact) mass is 299 g/mol. The summed E-state index contributed by atoms with van der Waals surface area (Å²) < 4.78 is 0. The highest BCUT2D eigenvalue weighted by Crippen LogP contribution is 2.21. The molecule has 0 saturated carbocycles. The van der Waals surface area contributed by atoms with E-state index in [0.717, 1.165) is 0 Å². The molecule has 1 aliphatic heterocycles. The second-order valence-corrected chi connectivity index (χ2v) is 6.05. The Morgan fingerprint density at radius 3 is 2.43 bits per heavy atom. The molecule has 7 nitrogen and oxygen atoms in total. The third-order valence-corrected chi connectivity index (χ3v) is 4.14. The standard InChI is InChI=1S/C14H25N3O4/c1-8(2)11(13(19)20)6-16-14(21)17-7-10(12(15)18)5-4-9(17)3/h8-11H,4-7H2,1-3H3,(H2,15,18)(H,16,21)(H,19,20). The molecule has 3 atom stereocenters. The highest BCUT2D eigenvalue weighted by molar-refractivity contribution is 5.80. The predicted molar refractivity (Wildman–Crippen MR) is 77.4 cm³/mol.